The Balaban J connectivity index is 0.000000193. The van der Waals surface area contributed by atoms with Crippen molar-refractivity contribution in [2.75, 3.05) is 13.2 Å². The van der Waals surface area contributed by atoms with E-state index >= 15 is 0 Å². The number of ether oxygens (including phenoxy) is 1. The molecule has 2 aromatic heterocycles. The lowest BCUT2D eigenvalue weighted by atomic mass is 10.1. The zero-order valence-corrected chi connectivity index (χ0v) is 24.7. The molecule has 0 spiro atoms. The first-order chi connectivity index (χ1) is 18.7. The molecular weight excluding hydrogens is 573 g/mol. The second kappa shape index (κ2) is 13.6. The number of aliphatic carboxylic acids is 1. The van der Waals surface area contributed by atoms with Gasteiger partial charge in [0.15, 0.2) is 0 Å². The quantitative estimate of drug-likeness (QED) is 0.243. The summed E-state index contributed by atoms with van der Waals surface area (Å²) in [7, 11) is 0. The van der Waals surface area contributed by atoms with Crippen molar-refractivity contribution in [2.24, 2.45) is 0 Å². The van der Waals surface area contributed by atoms with Crippen molar-refractivity contribution in [2.45, 2.75) is 38.8 Å². The van der Waals surface area contributed by atoms with Gasteiger partial charge in [0.25, 0.3) is 0 Å². The molecule has 1 aliphatic rings. The predicted molar refractivity (Wildman–Crippen MR) is 161 cm³/mol. The van der Waals surface area contributed by atoms with E-state index < -0.39 is 5.97 Å². The zero-order valence-electron chi connectivity index (χ0n) is 21.6. The van der Waals surface area contributed by atoms with E-state index in [1.54, 1.807) is 11.3 Å². The van der Waals surface area contributed by atoms with Gasteiger partial charge in [-0.25, -0.2) is 0 Å². The average Bonchev–Trinajstić information content (AvgIpc) is 3.55. The lowest BCUT2D eigenvalue weighted by Crippen LogP contribution is -2.52. The van der Waals surface area contributed by atoms with Gasteiger partial charge in [-0.2, -0.15) is 0 Å². The van der Waals surface area contributed by atoms with Crippen molar-refractivity contribution in [3.05, 3.63) is 92.6 Å². The number of halogens is 2. The number of carboxylic acids is 1. The average molecular weight is 603 g/mol. The second-order valence-electron chi connectivity index (χ2n) is 9.33. The minimum absolute atomic E-state index is 0.0816. The fourth-order valence-corrected chi connectivity index (χ4v) is 6.63. The van der Waals surface area contributed by atoms with Gasteiger partial charge < -0.3 is 14.7 Å². The lowest BCUT2D eigenvalue weighted by molar-refractivity contribution is -0.143. The summed E-state index contributed by atoms with van der Waals surface area (Å²) < 4.78 is 5.49. The molecule has 2 aromatic carbocycles. The highest BCUT2D eigenvalue weighted by Gasteiger charge is 2.29. The Kier molecular flexibility index (Phi) is 10.2. The van der Waals surface area contributed by atoms with Gasteiger partial charge in [-0.1, -0.05) is 47.5 Å². The zero-order chi connectivity index (χ0) is 27.9. The van der Waals surface area contributed by atoms with Crippen LogP contribution in [0.5, 0.6) is 0 Å². The van der Waals surface area contributed by atoms with Crippen LogP contribution in [-0.4, -0.2) is 47.2 Å². The Morgan fingerprint density at radius 1 is 0.769 bits per heavy atom. The van der Waals surface area contributed by atoms with Crippen LogP contribution in [0.2, 0.25) is 10.0 Å². The molecule has 204 valence electrons. The molecule has 4 aromatic rings. The standard InChI is InChI=1S/C18H20ClNO2S.C12H9ClO2S/c1-12-10-22-11-13(2)20(12)18(21)9-16-7-8-17(23-16)14-3-5-15(19)6-4-14;13-9-3-1-8(2-4-9)11-6-5-10(16-11)7-12(14)15/h3-8,12-13H,9-11H2,1-2H3;1-6H,7H2,(H,14,15). The number of morpholine rings is 1. The third kappa shape index (κ3) is 8.16. The molecule has 39 heavy (non-hydrogen) atoms. The van der Waals surface area contributed by atoms with E-state index in [1.165, 1.54) is 11.3 Å². The summed E-state index contributed by atoms with van der Waals surface area (Å²) in [5, 5.41) is 10.1. The van der Waals surface area contributed by atoms with E-state index in [9.17, 15) is 9.59 Å². The molecule has 3 heterocycles. The molecule has 0 aliphatic carbocycles. The third-order valence-electron chi connectivity index (χ3n) is 6.19. The number of rotatable bonds is 6. The van der Waals surface area contributed by atoms with Crippen LogP contribution in [0.4, 0.5) is 0 Å². The van der Waals surface area contributed by atoms with Gasteiger partial charge in [0.1, 0.15) is 0 Å². The fraction of sp³-hybridized carbons (Fsp3) is 0.267. The van der Waals surface area contributed by atoms with Crippen LogP contribution < -0.4 is 0 Å². The van der Waals surface area contributed by atoms with Crippen LogP contribution in [0, 0.1) is 0 Å². The number of nitrogens with zero attached hydrogens (tertiary/aromatic N) is 1. The van der Waals surface area contributed by atoms with Crippen molar-refractivity contribution >= 4 is 57.8 Å². The van der Waals surface area contributed by atoms with Gasteiger partial charge in [-0.15, -0.1) is 22.7 Å². The Labute approximate surface area is 246 Å². The molecule has 0 bridgehead atoms. The van der Waals surface area contributed by atoms with Crippen molar-refractivity contribution < 1.29 is 19.4 Å². The maximum Gasteiger partial charge on any atom is 0.308 e. The first kappa shape index (κ1) is 29.3. The van der Waals surface area contributed by atoms with Crippen molar-refractivity contribution in [3.8, 4) is 20.9 Å². The van der Waals surface area contributed by atoms with Crippen molar-refractivity contribution in [1.29, 1.82) is 0 Å². The minimum Gasteiger partial charge on any atom is -0.481 e. The SMILES string of the molecule is CC1COCC(C)N1C(=O)Cc1ccc(-c2ccc(Cl)cc2)s1.O=C(O)Cc1ccc(-c2ccc(Cl)cc2)s1. The Morgan fingerprint density at radius 3 is 1.64 bits per heavy atom. The van der Waals surface area contributed by atoms with Crippen LogP contribution in [0.15, 0.2) is 72.8 Å². The molecule has 0 radical (unpaired) electrons. The number of thiophene rings is 2. The molecule has 1 saturated heterocycles. The molecule has 1 N–H and O–H groups in total. The highest BCUT2D eigenvalue weighted by molar-refractivity contribution is 7.15. The van der Waals surface area contributed by atoms with Crippen LogP contribution in [0.3, 0.4) is 0 Å². The van der Waals surface area contributed by atoms with Gasteiger partial charge in [0, 0.05) is 29.6 Å². The predicted octanol–water partition coefficient (Wildman–Crippen LogP) is 7.94. The van der Waals surface area contributed by atoms with E-state index in [0.717, 1.165) is 35.7 Å². The summed E-state index contributed by atoms with van der Waals surface area (Å²) in [5.74, 6) is -0.623. The maximum atomic E-state index is 12.6. The molecule has 2 unspecified atom stereocenters. The van der Waals surface area contributed by atoms with Gasteiger partial charge in [0.2, 0.25) is 5.91 Å². The fourth-order valence-electron chi connectivity index (χ4n) is 4.37. The number of hydrogen-bond donors (Lipinski definition) is 1. The summed E-state index contributed by atoms with van der Waals surface area (Å²) in [6.45, 7) is 5.33. The van der Waals surface area contributed by atoms with Crippen LogP contribution in [0.25, 0.3) is 20.9 Å². The topological polar surface area (TPSA) is 66.8 Å². The van der Waals surface area contributed by atoms with Crippen LogP contribution >= 0.6 is 45.9 Å². The van der Waals surface area contributed by atoms with Crippen LogP contribution in [0.1, 0.15) is 23.6 Å². The van der Waals surface area contributed by atoms with Crippen molar-refractivity contribution in [1.82, 2.24) is 4.90 Å². The van der Waals surface area contributed by atoms with Crippen molar-refractivity contribution in [3.63, 3.8) is 0 Å². The second-order valence-corrected chi connectivity index (χ2v) is 12.5. The largest absolute Gasteiger partial charge is 0.481 e. The highest BCUT2D eigenvalue weighted by atomic mass is 35.5. The van der Waals surface area contributed by atoms with E-state index in [1.807, 2.05) is 85.5 Å². The summed E-state index contributed by atoms with van der Waals surface area (Å²) >= 11 is 14.9. The van der Waals surface area contributed by atoms with Gasteiger partial charge in [0.05, 0.1) is 38.1 Å². The Hall–Kier alpha value is -2.68. The maximum absolute atomic E-state index is 12.6. The third-order valence-corrected chi connectivity index (χ3v) is 8.96. The summed E-state index contributed by atoms with van der Waals surface area (Å²) in [6.07, 6.45) is 0.533. The van der Waals surface area contributed by atoms with E-state index in [-0.39, 0.29) is 24.4 Å². The number of hydrogen-bond acceptors (Lipinski definition) is 5. The first-order valence-electron chi connectivity index (χ1n) is 12.5. The molecule has 2 atom stereocenters. The van der Waals surface area contributed by atoms with E-state index in [2.05, 4.69) is 6.07 Å². The number of amides is 1. The number of carbonyl (C=O) groups excluding carboxylic acids is 1. The number of carbonyl (C=O) groups is 2. The van der Waals surface area contributed by atoms with Crippen LogP contribution in [-0.2, 0) is 27.2 Å². The molecule has 0 saturated carbocycles. The van der Waals surface area contributed by atoms with Gasteiger partial charge >= 0.3 is 5.97 Å². The molecule has 9 heteroatoms. The highest BCUT2D eigenvalue weighted by Crippen LogP contribution is 2.31. The van der Waals surface area contributed by atoms with E-state index in [4.69, 9.17) is 33.0 Å². The van der Waals surface area contributed by atoms with E-state index in [0.29, 0.717) is 24.7 Å². The number of benzene rings is 2. The molecule has 1 amide bonds. The van der Waals surface area contributed by atoms with Gasteiger partial charge in [-0.05, 0) is 73.5 Å². The van der Waals surface area contributed by atoms with Gasteiger partial charge in [-0.3, -0.25) is 9.59 Å². The minimum atomic E-state index is -0.801. The molecule has 5 rings (SSSR count). The summed E-state index contributed by atoms with van der Waals surface area (Å²) in [4.78, 5) is 29.3. The summed E-state index contributed by atoms with van der Waals surface area (Å²) in [6, 6.07) is 23.5. The monoisotopic (exact) mass is 601 g/mol. The number of carboxylic acid groups (broad SMARTS) is 1. The Morgan fingerprint density at radius 2 is 1.21 bits per heavy atom. The molecular formula is C30H29Cl2NO4S2. The molecule has 5 nitrogen and oxygen atoms in total. The first-order valence-corrected chi connectivity index (χ1v) is 14.9. The summed E-state index contributed by atoms with van der Waals surface area (Å²) in [5.41, 5.74) is 2.19. The smallest absolute Gasteiger partial charge is 0.308 e. The molecule has 1 fully saturated rings. The Bertz CT molecular complexity index is 1390. The normalized spacial score (nSPS) is 16.9. The molecule has 1 aliphatic heterocycles. The lowest BCUT2D eigenvalue weighted by Gasteiger charge is -2.38.